The van der Waals surface area contributed by atoms with E-state index in [9.17, 15) is 0 Å². The normalized spacial score (nSPS) is 10.7. The predicted octanol–water partition coefficient (Wildman–Crippen LogP) is 3.39. The Kier molecular flexibility index (Phi) is 4.14. The molecule has 96 valence electrons. The van der Waals surface area contributed by atoms with Crippen molar-refractivity contribution < 1.29 is 4.42 Å². The largest absolute Gasteiger partial charge is 0.469 e. The molecule has 0 aliphatic heterocycles. The third-order valence-corrected chi connectivity index (χ3v) is 3.35. The van der Waals surface area contributed by atoms with Crippen LogP contribution in [-0.4, -0.2) is 23.3 Å². The molecule has 0 radical (unpaired) electrons. The van der Waals surface area contributed by atoms with Gasteiger partial charge >= 0.3 is 0 Å². The number of halogens is 1. The maximum atomic E-state index is 5.98. The van der Waals surface area contributed by atoms with E-state index in [0.29, 0.717) is 10.3 Å². The molecule has 0 unspecified atom stereocenters. The van der Waals surface area contributed by atoms with Crippen LogP contribution in [-0.2, 0) is 6.54 Å². The van der Waals surface area contributed by atoms with Gasteiger partial charge < -0.3 is 9.32 Å². The van der Waals surface area contributed by atoms with Crippen LogP contribution in [0.5, 0.6) is 0 Å². The topological polar surface area (TPSA) is 42.2 Å². The molecule has 0 saturated carbocycles. The van der Waals surface area contributed by atoms with E-state index >= 15 is 0 Å². The smallest absolute Gasteiger partial charge is 0.190 e. The monoisotopic (exact) mass is 283 g/mol. The fourth-order valence-corrected chi connectivity index (χ4v) is 2.19. The van der Waals surface area contributed by atoms with Crippen LogP contribution in [0.25, 0.3) is 0 Å². The van der Waals surface area contributed by atoms with Crippen molar-refractivity contribution in [1.82, 2.24) is 9.97 Å². The Labute approximate surface area is 115 Å². The summed E-state index contributed by atoms with van der Waals surface area (Å²) in [5.74, 6) is 1.73. The molecule has 0 amide bonds. The highest BCUT2D eigenvalue weighted by atomic mass is 35.5. The fraction of sp³-hybridized carbons (Fsp3) is 0.333. The minimum atomic E-state index is 0.458. The summed E-state index contributed by atoms with van der Waals surface area (Å²) in [5, 5.41) is 1.13. The van der Waals surface area contributed by atoms with Crippen LogP contribution >= 0.6 is 23.4 Å². The van der Waals surface area contributed by atoms with Gasteiger partial charge in [0.15, 0.2) is 5.16 Å². The molecule has 0 aromatic carbocycles. The van der Waals surface area contributed by atoms with Gasteiger partial charge in [-0.25, -0.2) is 9.97 Å². The molecule has 6 heteroatoms. The molecule has 2 heterocycles. The first-order valence-corrected chi connectivity index (χ1v) is 7.03. The van der Waals surface area contributed by atoms with Crippen molar-refractivity contribution in [3.8, 4) is 0 Å². The number of nitrogens with zero attached hydrogens (tertiary/aromatic N) is 3. The van der Waals surface area contributed by atoms with Gasteiger partial charge in [-0.15, -0.1) is 0 Å². The standard InChI is InChI=1S/C12H14ClN3OS/c1-8-9(4-5-17-8)7-16(2)11-6-10(13)14-12(15-11)18-3/h4-6H,7H2,1-3H3. The van der Waals surface area contributed by atoms with Crippen molar-refractivity contribution in [2.75, 3.05) is 18.2 Å². The van der Waals surface area contributed by atoms with Crippen LogP contribution in [0.2, 0.25) is 5.15 Å². The minimum Gasteiger partial charge on any atom is -0.469 e. The zero-order chi connectivity index (χ0) is 13.1. The Morgan fingerprint density at radius 3 is 2.83 bits per heavy atom. The second-order valence-corrected chi connectivity index (χ2v) is 5.05. The van der Waals surface area contributed by atoms with Crippen molar-refractivity contribution in [2.45, 2.75) is 18.6 Å². The highest BCUT2D eigenvalue weighted by Crippen LogP contribution is 2.21. The molecule has 0 N–H and O–H groups in total. The first-order chi connectivity index (χ1) is 8.60. The lowest BCUT2D eigenvalue weighted by Gasteiger charge is -2.18. The molecule has 4 nitrogen and oxygen atoms in total. The van der Waals surface area contributed by atoms with Crippen molar-refractivity contribution in [3.05, 3.63) is 34.9 Å². The van der Waals surface area contributed by atoms with Gasteiger partial charge in [0.05, 0.1) is 6.26 Å². The average molecular weight is 284 g/mol. The number of aromatic nitrogens is 2. The maximum Gasteiger partial charge on any atom is 0.190 e. The van der Waals surface area contributed by atoms with E-state index < -0.39 is 0 Å². The Balaban J connectivity index is 2.20. The molecule has 0 bridgehead atoms. The van der Waals surface area contributed by atoms with Crippen LogP contribution in [0.3, 0.4) is 0 Å². The molecule has 0 saturated heterocycles. The SMILES string of the molecule is CSc1nc(Cl)cc(N(C)Cc2ccoc2C)n1. The van der Waals surface area contributed by atoms with Crippen LogP contribution in [0.4, 0.5) is 5.82 Å². The lowest BCUT2D eigenvalue weighted by Crippen LogP contribution is -2.18. The average Bonchev–Trinajstić information content (AvgIpc) is 2.74. The number of furan rings is 1. The molecule has 18 heavy (non-hydrogen) atoms. The van der Waals surface area contributed by atoms with Gasteiger partial charge in [-0.05, 0) is 19.2 Å². The second kappa shape index (κ2) is 5.63. The molecule has 0 spiro atoms. The first-order valence-electron chi connectivity index (χ1n) is 5.43. The van der Waals surface area contributed by atoms with E-state index in [1.165, 1.54) is 11.8 Å². The quantitative estimate of drug-likeness (QED) is 0.489. The van der Waals surface area contributed by atoms with Gasteiger partial charge in [-0.1, -0.05) is 23.4 Å². The highest BCUT2D eigenvalue weighted by Gasteiger charge is 2.10. The van der Waals surface area contributed by atoms with Crippen molar-refractivity contribution in [2.24, 2.45) is 0 Å². The first kappa shape index (κ1) is 13.2. The molecule has 0 aliphatic rings. The van der Waals surface area contributed by atoms with Gasteiger partial charge in [0.1, 0.15) is 16.7 Å². The summed E-state index contributed by atoms with van der Waals surface area (Å²) in [6.07, 6.45) is 3.62. The van der Waals surface area contributed by atoms with Crippen LogP contribution in [0.15, 0.2) is 28.0 Å². The lowest BCUT2D eigenvalue weighted by atomic mass is 10.2. The molecule has 2 aromatic heterocycles. The van der Waals surface area contributed by atoms with Gasteiger partial charge in [0.2, 0.25) is 0 Å². The maximum absolute atomic E-state index is 5.98. The molecular weight excluding hydrogens is 270 g/mol. The third-order valence-electron chi connectivity index (χ3n) is 2.61. The Morgan fingerprint density at radius 1 is 1.44 bits per heavy atom. The Morgan fingerprint density at radius 2 is 2.22 bits per heavy atom. The zero-order valence-corrected chi connectivity index (χ0v) is 12.0. The van der Waals surface area contributed by atoms with Crippen molar-refractivity contribution in [1.29, 1.82) is 0 Å². The van der Waals surface area contributed by atoms with E-state index in [0.717, 1.165) is 23.7 Å². The summed E-state index contributed by atoms with van der Waals surface area (Å²) in [7, 11) is 1.97. The predicted molar refractivity (Wildman–Crippen MR) is 74.4 cm³/mol. The summed E-state index contributed by atoms with van der Waals surface area (Å²) in [4.78, 5) is 10.6. The van der Waals surface area contributed by atoms with Gasteiger partial charge in [0.25, 0.3) is 0 Å². The molecule has 2 aromatic rings. The molecular formula is C12H14ClN3OS. The number of rotatable bonds is 4. The zero-order valence-electron chi connectivity index (χ0n) is 10.5. The Hall–Kier alpha value is -1.20. The number of thioether (sulfide) groups is 1. The molecule has 0 fully saturated rings. The summed E-state index contributed by atoms with van der Waals surface area (Å²) < 4.78 is 5.28. The highest BCUT2D eigenvalue weighted by molar-refractivity contribution is 7.98. The second-order valence-electron chi connectivity index (χ2n) is 3.89. The summed E-state index contributed by atoms with van der Waals surface area (Å²) >= 11 is 7.45. The van der Waals surface area contributed by atoms with E-state index in [4.69, 9.17) is 16.0 Å². The van der Waals surface area contributed by atoms with E-state index in [2.05, 4.69) is 9.97 Å². The molecule has 0 atom stereocenters. The van der Waals surface area contributed by atoms with E-state index in [-0.39, 0.29) is 0 Å². The Bertz CT molecular complexity index is 544. The van der Waals surface area contributed by atoms with Crippen LogP contribution < -0.4 is 4.90 Å². The number of hydrogen-bond donors (Lipinski definition) is 0. The number of aryl methyl sites for hydroxylation is 1. The number of hydrogen-bond acceptors (Lipinski definition) is 5. The van der Waals surface area contributed by atoms with Gasteiger partial charge in [-0.2, -0.15) is 0 Å². The molecule has 0 aliphatic carbocycles. The van der Waals surface area contributed by atoms with Crippen molar-refractivity contribution >= 4 is 29.2 Å². The minimum absolute atomic E-state index is 0.458. The summed E-state index contributed by atoms with van der Waals surface area (Å²) in [6, 6.07) is 3.72. The summed E-state index contributed by atoms with van der Waals surface area (Å²) in [6.45, 7) is 2.67. The fourth-order valence-electron chi connectivity index (χ4n) is 1.58. The third kappa shape index (κ3) is 2.97. The van der Waals surface area contributed by atoms with Crippen LogP contribution in [0.1, 0.15) is 11.3 Å². The van der Waals surface area contributed by atoms with Gasteiger partial charge in [0, 0.05) is 25.2 Å². The van der Waals surface area contributed by atoms with Gasteiger partial charge in [-0.3, -0.25) is 0 Å². The van der Waals surface area contributed by atoms with Crippen molar-refractivity contribution in [3.63, 3.8) is 0 Å². The molecule has 2 rings (SSSR count). The lowest BCUT2D eigenvalue weighted by molar-refractivity contribution is 0.529. The summed E-state index contributed by atoms with van der Waals surface area (Å²) in [5.41, 5.74) is 1.14. The number of anilines is 1. The van der Waals surface area contributed by atoms with E-state index in [1.807, 2.05) is 31.2 Å². The van der Waals surface area contributed by atoms with E-state index in [1.54, 1.807) is 12.3 Å². The van der Waals surface area contributed by atoms with Crippen LogP contribution in [0, 0.1) is 6.92 Å².